The van der Waals surface area contributed by atoms with Gasteiger partial charge in [0, 0.05) is 22.8 Å². The fraction of sp³-hybridized carbons (Fsp3) is 0.133. The highest BCUT2D eigenvalue weighted by Crippen LogP contribution is 2.24. The van der Waals surface area contributed by atoms with Gasteiger partial charge >= 0.3 is 0 Å². The summed E-state index contributed by atoms with van der Waals surface area (Å²) in [6, 6.07) is 7.67. The fourth-order valence-corrected chi connectivity index (χ4v) is 2.68. The molecule has 2 aliphatic heterocycles. The summed E-state index contributed by atoms with van der Waals surface area (Å²) in [6.45, 7) is 0.632. The van der Waals surface area contributed by atoms with E-state index in [4.69, 9.17) is 23.2 Å². The van der Waals surface area contributed by atoms with Crippen molar-refractivity contribution in [2.45, 2.75) is 11.4 Å². The molecule has 0 saturated carbocycles. The van der Waals surface area contributed by atoms with E-state index < -0.39 is 10.7 Å². The smallest absolute Gasteiger partial charge is 0.280 e. The zero-order chi connectivity index (χ0) is 15.7. The highest BCUT2D eigenvalue weighted by molar-refractivity contribution is 9.11. The lowest BCUT2D eigenvalue weighted by atomic mass is 10.1. The first-order valence-electron chi connectivity index (χ1n) is 6.44. The van der Waals surface area contributed by atoms with E-state index in [1.54, 1.807) is 0 Å². The predicted octanol–water partition coefficient (Wildman–Crippen LogP) is 3.78. The predicted molar refractivity (Wildman–Crippen MR) is 92.6 cm³/mol. The average Bonchev–Trinajstić information content (AvgIpc) is 2.63. The summed E-state index contributed by atoms with van der Waals surface area (Å²) >= 11 is 14.6. The van der Waals surface area contributed by atoms with E-state index in [1.807, 2.05) is 47.5 Å². The first kappa shape index (κ1) is 15.5. The Morgan fingerprint density at radius 2 is 2.09 bits per heavy atom. The molecule has 0 bridgehead atoms. The van der Waals surface area contributed by atoms with Crippen LogP contribution in [0.5, 0.6) is 0 Å². The zero-order valence-electron chi connectivity index (χ0n) is 11.2. The number of benzene rings is 1. The molecule has 4 nitrogen and oxygen atoms in total. The molecule has 2 heterocycles. The Kier molecular flexibility index (Phi) is 4.47. The maximum Gasteiger partial charge on any atom is 0.280 e. The van der Waals surface area contributed by atoms with Crippen molar-refractivity contribution in [1.29, 1.82) is 0 Å². The Labute approximate surface area is 146 Å². The van der Waals surface area contributed by atoms with E-state index in [1.165, 1.54) is 0 Å². The monoisotopic (exact) mass is 397 g/mol. The largest absolute Gasteiger partial charge is 0.327 e. The van der Waals surface area contributed by atoms with Gasteiger partial charge in [-0.05, 0) is 33.6 Å². The van der Waals surface area contributed by atoms with Gasteiger partial charge in [-0.25, -0.2) is 4.99 Å². The summed E-state index contributed by atoms with van der Waals surface area (Å²) in [6.07, 6.45) is 5.68. The molecule has 2 aliphatic rings. The van der Waals surface area contributed by atoms with Crippen molar-refractivity contribution in [3.05, 3.63) is 58.2 Å². The number of amidine groups is 2. The summed E-state index contributed by atoms with van der Waals surface area (Å²) < 4.78 is 0.946. The molecule has 1 aromatic rings. The second-order valence-electron chi connectivity index (χ2n) is 4.68. The fourth-order valence-electron chi connectivity index (χ4n) is 2.20. The van der Waals surface area contributed by atoms with Gasteiger partial charge in [0.05, 0.1) is 0 Å². The van der Waals surface area contributed by atoms with Crippen LogP contribution in [0, 0.1) is 0 Å². The van der Waals surface area contributed by atoms with Gasteiger partial charge < -0.3 is 4.90 Å². The van der Waals surface area contributed by atoms with Crippen molar-refractivity contribution in [3.63, 3.8) is 0 Å². The maximum absolute atomic E-state index is 11.8. The first-order valence-corrected chi connectivity index (χ1v) is 8.11. The van der Waals surface area contributed by atoms with Gasteiger partial charge in [-0.3, -0.25) is 4.79 Å². The number of rotatable bonds is 1. The summed E-state index contributed by atoms with van der Waals surface area (Å²) in [4.78, 5) is 21.0. The minimum Gasteiger partial charge on any atom is -0.327 e. The number of carbonyl (C=O) groups excluding carboxylic acids is 1. The minimum atomic E-state index is -1.20. The molecule has 0 saturated heterocycles. The van der Waals surface area contributed by atoms with Crippen LogP contribution in [0.25, 0.3) is 0 Å². The molecule has 7 heteroatoms. The van der Waals surface area contributed by atoms with Crippen LogP contribution in [0.3, 0.4) is 0 Å². The summed E-state index contributed by atoms with van der Waals surface area (Å²) in [5, 5.41) is 0. The third-order valence-corrected chi connectivity index (χ3v) is 4.03. The molecule has 0 atom stereocenters. The van der Waals surface area contributed by atoms with Gasteiger partial charge in [0.25, 0.3) is 5.91 Å². The number of hydrogen-bond donors (Lipinski definition) is 0. The topological polar surface area (TPSA) is 45.0 Å². The molecule has 1 amide bonds. The Balaban J connectivity index is 2.13. The van der Waals surface area contributed by atoms with E-state index in [0.717, 1.165) is 15.6 Å². The van der Waals surface area contributed by atoms with E-state index in [9.17, 15) is 4.79 Å². The van der Waals surface area contributed by atoms with Crippen molar-refractivity contribution in [3.8, 4) is 0 Å². The van der Waals surface area contributed by atoms with E-state index in [-0.39, 0.29) is 0 Å². The Hall–Kier alpha value is -1.43. The van der Waals surface area contributed by atoms with Crippen LogP contribution in [0.4, 0.5) is 0 Å². The second-order valence-corrected chi connectivity index (χ2v) is 6.69. The summed E-state index contributed by atoms with van der Waals surface area (Å²) in [5.41, 5.74) is 1.81. The lowest BCUT2D eigenvalue weighted by molar-refractivity contribution is -0.116. The third-order valence-electron chi connectivity index (χ3n) is 3.19. The van der Waals surface area contributed by atoms with Crippen LogP contribution in [0.1, 0.15) is 11.1 Å². The van der Waals surface area contributed by atoms with Crippen molar-refractivity contribution < 1.29 is 4.79 Å². The molecular formula is C15H10BrCl2N3O. The highest BCUT2D eigenvalue weighted by atomic mass is 79.9. The summed E-state index contributed by atoms with van der Waals surface area (Å²) in [7, 11) is 0. The van der Waals surface area contributed by atoms with Crippen LogP contribution < -0.4 is 0 Å². The van der Waals surface area contributed by atoms with Gasteiger partial charge in [0.15, 0.2) is 10.7 Å². The average molecular weight is 399 g/mol. The Morgan fingerprint density at radius 1 is 1.32 bits per heavy atom. The molecule has 22 heavy (non-hydrogen) atoms. The van der Waals surface area contributed by atoms with Gasteiger partial charge in [0.1, 0.15) is 5.84 Å². The van der Waals surface area contributed by atoms with Gasteiger partial charge in [-0.1, -0.05) is 47.5 Å². The maximum atomic E-state index is 11.8. The molecule has 0 radical (unpaired) electrons. The quantitative estimate of drug-likeness (QED) is 0.675. The van der Waals surface area contributed by atoms with E-state index in [2.05, 4.69) is 25.9 Å². The molecule has 0 unspecified atom stereocenters. The number of carbonyl (C=O) groups is 1. The molecule has 0 N–H and O–H groups in total. The van der Waals surface area contributed by atoms with Gasteiger partial charge in [-0.2, -0.15) is 4.99 Å². The number of fused-ring (bicyclic) bond motifs is 2. The highest BCUT2D eigenvalue weighted by Gasteiger charge is 2.22. The van der Waals surface area contributed by atoms with Crippen molar-refractivity contribution in [2.75, 3.05) is 0 Å². The molecular weight excluding hydrogens is 389 g/mol. The number of halogens is 3. The number of hydrogen-bond acceptors (Lipinski definition) is 2. The molecule has 0 fully saturated rings. The van der Waals surface area contributed by atoms with Crippen molar-refractivity contribution in [2.24, 2.45) is 9.98 Å². The number of allylic oxidation sites excluding steroid dienone is 2. The SMILES string of the molecule is O=C(N=C1N=C2C=CC(Br)=CN2Cc2ccccc21)C(Cl)Cl. The van der Waals surface area contributed by atoms with Crippen LogP contribution in [-0.2, 0) is 11.3 Å². The zero-order valence-corrected chi connectivity index (χ0v) is 14.3. The van der Waals surface area contributed by atoms with Crippen LogP contribution >= 0.6 is 39.1 Å². The first-order chi connectivity index (χ1) is 10.5. The number of alkyl halides is 2. The molecule has 0 aliphatic carbocycles. The van der Waals surface area contributed by atoms with Crippen molar-refractivity contribution in [1.82, 2.24) is 4.90 Å². The van der Waals surface area contributed by atoms with Crippen LogP contribution in [-0.4, -0.2) is 27.3 Å². The van der Waals surface area contributed by atoms with Gasteiger partial charge in [0.2, 0.25) is 0 Å². The van der Waals surface area contributed by atoms with E-state index >= 15 is 0 Å². The molecule has 3 rings (SSSR count). The van der Waals surface area contributed by atoms with Crippen LogP contribution in [0.15, 0.2) is 57.1 Å². The molecule has 0 spiro atoms. The molecule has 1 aromatic carbocycles. The Morgan fingerprint density at radius 3 is 2.86 bits per heavy atom. The van der Waals surface area contributed by atoms with Crippen LogP contribution in [0.2, 0.25) is 0 Å². The standard InChI is InChI=1S/C15H10BrCl2N3O/c16-10-5-6-12-19-14(20-15(22)13(17)18)11-4-2-1-3-9(11)7-21(12)8-10/h1-6,8,13H,7H2. The van der Waals surface area contributed by atoms with Crippen molar-refractivity contribution >= 4 is 56.7 Å². The third kappa shape index (κ3) is 3.16. The summed E-state index contributed by atoms with van der Waals surface area (Å²) in [5.74, 6) is 0.398. The minimum absolute atomic E-state index is 0.320. The lowest BCUT2D eigenvalue weighted by Crippen LogP contribution is -2.25. The second kappa shape index (κ2) is 6.36. The normalized spacial score (nSPS) is 18.5. The molecule has 0 aromatic heterocycles. The number of nitrogens with zero attached hydrogens (tertiary/aromatic N) is 3. The number of aliphatic imine (C=N–C) groups is 2. The molecule has 112 valence electrons. The Bertz CT molecular complexity index is 753. The number of amides is 1. The van der Waals surface area contributed by atoms with Gasteiger partial charge in [-0.15, -0.1) is 0 Å². The lowest BCUT2D eigenvalue weighted by Gasteiger charge is -2.21. The van der Waals surface area contributed by atoms with E-state index in [0.29, 0.717) is 18.2 Å².